The van der Waals surface area contributed by atoms with Crippen molar-refractivity contribution >= 4 is 27.8 Å². The molecular weight excluding hydrogens is 320 g/mol. The van der Waals surface area contributed by atoms with Crippen molar-refractivity contribution in [2.45, 2.75) is 46.1 Å². The van der Waals surface area contributed by atoms with E-state index in [9.17, 15) is 4.79 Å². The van der Waals surface area contributed by atoms with E-state index in [2.05, 4.69) is 42.0 Å². The molecule has 2 heterocycles. The number of nitrogens with one attached hydrogen (secondary N) is 1. The summed E-state index contributed by atoms with van der Waals surface area (Å²) in [5.74, 6) is 0.493. The van der Waals surface area contributed by atoms with Crippen LogP contribution in [0.2, 0.25) is 0 Å². The fourth-order valence-corrected chi connectivity index (χ4v) is 4.56. The molecule has 2 atom stereocenters. The van der Waals surface area contributed by atoms with E-state index in [4.69, 9.17) is 4.42 Å². The van der Waals surface area contributed by atoms with Crippen LogP contribution in [0.15, 0.2) is 21.2 Å². The molecule has 4 nitrogen and oxygen atoms in total. The predicted molar refractivity (Wildman–Crippen MR) is 81.7 cm³/mol. The minimum atomic E-state index is -0.0433. The molecular formula is C15H21BrN2O2. The minimum absolute atomic E-state index is 0.0433. The van der Waals surface area contributed by atoms with E-state index in [0.717, 1.165) is 19.4 Å². The Bertz CT molecular complexity index is 540. The number of carbonyl (C=O) groups is 1. The fraction of sp³-hybridized carbons (Fsp3) is 0.667. The molecule has 1 aromatic rings. The van der Waals surface area contributed by atoms with Crippen molar-refractivity contribution < 1.29 is 9.21 Å². The number of rotatable bonds is 1. The third-order valence-corrected chi connectivity index (χ3v) is 4.91. The number of nitrogens with zero attached hydrogens (tertiary/aromatic N) is 1. The number of fused-ring (bicyclic) bond motifs is 2. The van der Waals surface area contributed by atoms with Crippen molar-refractivity contribution in [2.24, 2.45) is 10.8 Å². The number of urea groups is 1. The number of likely N-dealkylation sites (tertiary alicyclic amines) is 1. The zero-order chi connectivity index (χ0) is 14.5. The first-order valence-electron chi connectivity index (χ1n) is 7.09. The van der Waals surface area contributed by atoms with Crippen LogP contribution >= 0.6 is 15.9 Å². The van der Waals surface area contributed by atoms with Gasteiger partial charge in [0, 0.05) is 18.7 Å². The maximum atomic E-state index is 12.5. The van der Waals surface area contributed by atoms with Gasteiger partial charge in [-0.2, -0.15) is 0 Å². The molecule has 0 spiro atoms. The Morgan fingerprint density at radius 1 is 1.40 bits per heavy atom. The number of carbonyl (C=O) groups excluding carboxylic acids is 1. The third-order valence-electron chi connectivity index (χ3n) is 4.48. The molecule has 2 unspecified atom stereocenters. The Hall–Kier alpha value is -0.970. The zero-order valence-electron chi connectivity index (χ0n) is 12.2. The first-order valence-corrected chi connectivity index (χ1v) is 7.89. The summed E-state index contributed by atoms with van der Waals surface area (Å²) in [4.78, 5) is 14.5. The van der Waals surface area contributed by atoms with Crippen molar-refractivity contribution in [3.05, 3.63) is 16.8 Å². The molecule has 2 fully saturated rings. The average molecular weight is 341 g/mol. The minimum Gasteiger partial charge on any atom is -0.434 e. The smallest absolute Gasteiger partial charge is 0.324 e. The molecule has 1 aliphatic heterocycles. The number of hydrogen-bond donors (Lipinski definition) is 1. The van der Waals surface area contributed by atoms with Crippen molar-refractivity contribution in [1.29, 1.82) is 0 Å². The van der Waals surface area contributed by atoms with Crippen molar-refractivity contribution in [2.75, 3.05) is 11.9 Å². The molecule has 0 aromatic carbocycles. The van der Waals surface area contributed by atoms with Crippen LogP contribution in [0.1, 0.15) is 40.0 Å². The highest BCUT2D eigenvalue weighted by Gasteiger charge is 2.51. The summed E-state index contributed by atoms with van der Waals surface area (Å²) in [5, 5.41) is 2.85. The Balaban J connectivity index is 1.73. The molecule has 3 rings (SSSR count). The maximum Gasteiger partial charge on any atom is 0.324 e. The van der Waals surface area contributed by atoms with E-state index in [0.29, 0.717) is 22.0 Å². The lowest BCUT2D eigenvalue weighted by Crippen LogP contribution is -2.40. The monoisotopic (exact) mass is 340 g/mol. The van der Waals surface area contributed by atoms with Gasteiger partial charge in [-0.25, -0.2) is 4.79 Å². The van der Waals surface area contributed by atoms with Crippen molar-refractivity contribution in [1.82, 2.24) is 4.90 Å². The van der Waals surface area contributed by atoms with E-state index in [1.165, 1.54) is 6.42 Å². The summed E-state index contributed by atoms with van der Waals surface area (Å²) in [7, 11) is 0. The predicted octanol–water partition coefficient (Wildman–Crippen LogP) is 4.47. The maximum absolute atomic E-state index is 12.5. The highest BCUT2D eigenvalue weighted by molar-refractivity contribution is 9.10. The lowest BCUT2D eigenvalue weighted by atomic mass is 9.65. The summed E-state index contributed by atoms with van der Waals surface area (Å²) in [6.45, 7) is 7.76. The van der Waals surface area contributed by atoms with Crippen LogP contribution in [0.5, 0.6) is 0 Å². The molecule has 2 aliphatic rings. The zero-order valence-corrected chi connectivity index (χ0v) is 13.8. The number of amides is 2. The van der Waals surface area contributed by atoms with Gasteiger partial charge in [-0.05, 0) is 52.1 Å². The molecule has 1 aliphatic carbocycles. The molecule has 0 radical (unpaired) electrons. The van der Waals surface area contributed by atoms with Crippen molar-refractivity contribution in [3.63, 3.8) is 0 Å². The highest BCUT2D eigenvalue weighted by atomic mass is 79.9. The number of anilines is 1. The number of furan rings is 1. The SMILES string of the molecule is CC1(C)CC2CC(C)(CN2C(=O)Nc2ccc(Br)o2)C1. The topological polar surface area (TPSA) is 45.5 Å². The van der Waals surface area contributed by atoms with Crippen LogP contribution in [0.4, 0.5) is 10.7 Å². The first-order chi connectivity index (χ1) is 9.26. The average Bonchev–Trinajstić information content (AvgIpc) is 2.78. The second-order valence-electron chi connectivity index (χ2n) is 7.38. The van der Waals surface area contributed by atoms with E-state index in [1.54, 1.807) is 12.1 Å². The van der Waals surface area contributed by atoms with Gasteiger partial charge in [-0.3, -0.25) is 5.32 Å². The van der Waals surface area contributed by atoms with Crippen LogP contribution in [0.25, 0.3) is 0 Å². The summed E-state index contributed by atoms with van der Waals surface area (Å²) >= 11 is 3.24. The summed E-state index contributed by atoms with van der Waals surface area (Å²) in [6.07, 6.45) is 3.39. The van der Waals surface area contributed by atoms with Crippen LogP contribution in [-0.2, 0) is 0 Å². The Morgan fingerprint density at radius 3 is 2.80 bits per heavy atom. The standard InChI is InChI=1S/C15H21BrN2O2/c1-14(2)6-10-7-15(3,8-14)9-18(10)13(19)17-12-5-4-11(16)20-12/h4-5,10H,6-9H2,1-3H3,(H,17,19). The summed E-state index contributed by atoms with van der Waals surface area (Å²) in [5.41, 5.74) is 0.577. The highest BCUT2D eigenvalue weighted by Crippen LogP contribution is 2.52. The lowest BCUT2D eigenvalue weighted by Gasteiger charge is -2.39. The Kier molecular flexibility index (Phi) is 3.16. The van der Waals surface area contributed by atoms with Gasteiger partial charge in [0.05, 0.1) is 0 Å². The summed E-state index contributed by atoms with van der Waals surface area (Å²) in [6, 6.07) is 3.85. The second-order valence-corrected chi connectivity index (χ2v) is 8.16. The van der Waals surface area contributed by atoms with E-state index in [-0.39, 0.29) is 11.4 Å². The molecule has 5 heteroatoms. The van der Waals surface area contributed by atoms with E-state index < -0.39 is 0 Å². The molecule has 110 valence electrons. The van der Waals surface area contributed by atoms with Gasteiger partial charge < -0.3 is 9.32 Å². The Labute approximate surface area is 128 Å². The van der Waals surface area contributed by atoms with Gasteiger partial charge in [0.25, 0.3) is 0 Å². The van der Waals surface area contributed by atoms with Gasteiger partial charge >= 0.3 is 6.03 Å². The largest absolute Gasteiger partial charge is 0.434 e. The second kappa shape index (κ2) is 4.52. The molecule has 1 N–H and O–H groups in total. The summed E-state index contributed by atoms with van der Waals surface area (Å²) < 4.78 is 5.98. The van der Waals surface area contributed by atoms with Gasteiger partial charge in [0.2, 0.25) is 5.88 Å². The third kappa shape index (κ3) is 2.60. The van der Waals surface area contributed by atoms with Crippen LogP contribution in [-0.4, -0.2) is 23.5 Å². The first kappa shape index (κ1) is 14.0. The van der Waals surface area contributed by atoms with Crippen molar-refractivity contribution in [3.8, 4) is 0 Å². The lowest BCUT2D eigenvalue weighted by molar-refractivity contribution is 0.130. The van der Waals surface area contributed by atoms with Crippen LogP contribution in [0.3, 0.4) is 0 Å². The van der Waals surface area contributed by atoms with Gasteiger partial charge in [-0.15, -0.1) is 0 Å². The normalized spacial score (nSPS) is 31.4. The van der Waals surface area contributed by atoms with E-state index in [1.807, 2.05) is 4.90 Å². The van der Waals surface area contributed by atoms with E-state index >= 15 is 0 Å². The number of halogens is 1. The molecule has 2 amide bonds. The molecule has 2 bridgehead atoms. The van der Waals surface area contributed by atoms with Gasteiger partial charge in [0.15, 0.2) is 4.67 Å². The molecule has 1 saturated carbocycles. The number of hydrogen-bond acceptors (Lipinski definition) is 2. The fourth-order valence-electron chi connectivity index (χ4n) is 4.26. The van der Waals surface area contributed by atoms with Crippen LogP contribution < -0.4 is 5.32 Å². The molecule has 1 saturated heterocycles. The van der Waals surface area contributed by atoms with Crippen LogP contribution in [0, 0.1) is 10.8 Å². The quantitative estimate of drug-likeness (QED) is 0.819. The molecule has 20 heavy (non-hydrogen) atoms. The Morgan fingerprint density at radius 2 is 2.15 bits per heavy atom. The molecule has 1 aromatic heterocycles. The van der Waals surface area contributed by atoms with Gasteiger partial charge in [0.1, 0.15) is 0 Å². The van der Waals surface area contributed by atoms with Gasteiger partial charge in [-0.1, -0.05) is 20.8 Å².